The molecule has 0 radical (unpaired) electrons. The molecule has 0 heterocycles. The van der Waals surface area contributed by atoms with E-state index < -0.39 is 138 Å². The summed E-state index contributed by atoms with van der Waals surface area (Å²) in [4.78, 5) is 139. The number of carboxylic acids is 3. The first-order chi connectivity index (χ1) is 27.9. The fourth-order valence-corrected chi connectivity index (χ4v) is 8.19. The standard InChI is InChI=1S/3C6H12O13P2.3Na/c3*7-1-2(8)3(9)4(10)5(6(11)12)18-21(16,17)19-20(13,14)15;;;/h3*1-5,8-10H,(H,11,12)(H,16,17)(H2,13,14,15);;;/q;;;3*+1/p-3/t3*2-,3+,4-,5-;;;/m000.../s1. The minimum atomic E-state index is -5.68. The van der Waals surface area contributed by atoms with Gasteiger partial charge in [0.15, 0.2) is 18.9 Å². The van der Waals surface area contributed by atoms with Crippen LogP contribution in [0.3, 0.4) is 0 Å². The Morgan fingerprint density at radius 1 is 0.364 bits per heavy atom. The summed E-state index contributed by atoms with van der Waals surface area (Å²) < 4.78 is 85.4. The van der Waals surface area contributed by atoms with Gasteiger partial charge in [0, 0.05) is 0 Å². The average Bonchev–Trinajstić information content (AvgIpc) is 3.09. The largest absolute Gasteiger partial charge is 1.00 e. The molecule has 372 valence electrons. The van der Waals surface area contributed by atoms with Gasteiger partial charge in [-0.1, -0.05) is 0 Å². The normalized spacial score (nSPS) is 19.9. The third-order valence-corrected chi connectivity index (χ3v) is 12.0. The van der Waals surface area contributed by atoms with Crippen molar-refractivity contribution in [2.24, 2.45) is 0 Å². The van der Waals surface area contributed by atoms with E-state index in [1.165, 1.54) is 0 Å². The zero-order valence-corrected chi connectivity index (χ0v) is 43.8. The quantitative estimate of drug-likeness (QED) is 0.0206. The van der Waals surface area contributed by atoms with E-state index in [1.807, 2.05) is 0 Å². The zero-order chi connectivity index (χ0) is 51.0. The third kappa shape index (κ3) is 34.2. The van der Waals surface area contributed by atoms with Crippen molar-refractivity contribution < 1.29 is 277 Å². The summed E-state index contributed by atoms with van der Waals surface area (Å²) in [5.41, 5.74) is 0. The molecule has 0 rings (SSSR count). The first-order valence-electron chi connectivity index (χ1n) is 14.4. The molecule has 66 heavy (non-hydrogen) atoms. The van der Waals surface area contributed by atoms with Crippen LogP contribution in [-0.4, -0.2) is 200 Å². The van der Waals surface area contributed by atoms with Gasteiger partial charge in [-0.2, -0.15) is 12.9 Å². The first kappa shape index (κ1) is 78.3. The SMILES string of the molecule is O=C[C@H](O)[C@@H](O)[C@H](O)[C@H](OP(=O)(O)OP(=O)(O)O)C(=O)[O-].O=C[C@H](O)[C@@H](O)[C@H](O)[C@H](OP(=O)(O)OP(=O)(O)O)C(=O)[O-].O=C[C@H](O)[C@@H](O)[C@H](O)[C@H](OP(=O)(O)OP(=O)(O)O)C(=O)[O-].[Na+].[Na+].[Na+]. The van der Waals surface area contributed by atoms with Crippen LogP contribution in [0, 0.1) is 0 Å². The monoisotopic (exact) mass is 1130 g/mol. The van der Waals surface area contributed by atoms with E-state index >= 15 is 0 Å². The average molecular weight is 1130 g/mol. The van der Waals surface area contributed by atoms with Crippen LogP contribution < -0.4 is 104 Å². The van der Waals surface area contributed by atoms with E-state index in [0.717, 1.165) is 0 Å². The number of aliphatic hydroxyl groups is 9. The number of carboxylic acid groups (broad SMARTS) is 3. The topological polar surface area (TPSA) is 694 Å². The van der Waals surface area contributed by atoms with Gasteiger partial charge in [0.25, 0.3) is 0 Å². The first-order valence-corrected chi connectivity index (χ1v) is 23.4. The number of hydrogen-bond donors (Lipinski definition) is 18. The molecule has 0 bridgehead atoms. The Kier molecular flexibility index (Phi) is 39.8. The van der Waals surface area contributed by atoms with E-state index in [-0.39, 0.29) is 108 Å². The maximum absolute atomic E-state index is 11.1. The van der Waals surface area contributed by atoms with Crippen molar-refractivity contribution in [2.75, 3.05) is 0 Å². The van der Waals surface area contributed by atoms with E-state index in [0.29, 0.717) is 0 Å². The minimum absolute atomic E-state index is 0. The number of carbonyl (C=O) groups is 6. The molecule has 3 unspecified atom stereocenters. The Balaban J connectivity index is -0.000000200. The second-order valence-electron chi connectivity index (χ2n) is 10.5. The molecule has 0 aromatic rings. The van der Waals surface area contributed by atoms with Crippen LogP contribution in [0.15, 0.2) is 0 Å². The van der Waals surface area contributed by atoms with Crippen LogP contribution in [0.4, 0.5) is 0 Å². The van der Waals surface area contributed by atoms with Gasteiger partial charge in [-0.05, 0) is 0 Å². The van der Waals surface area contributed by atoms with E-state index in [2.05, 4.69) is 26.5 Å². The smallest absolute Gasteiger partial charge is 0.547 e. The van der Waals surface area contributed by atoms with Crippen LogP contribution >= 0.6 is 46.9 Å². The molecule has 0 aliphatic rings. The van der Waals surface area contributed by atoms with Gasteiger partial charge in [0.1, 0.15) is 73.2 Å². The zero-order valence-electron chi connectivity index (χ0n) is 32.5. The van der Waals surface area contributed by atoms with Crippen LogP contribution in [0.2, 0.25) is 0 Å². The predicted octanol–water partition coefficient (Wildman–Crippen LogP) is -22.1. The number of aldehydes is 3. The van der Waals surface area contributed by atoms with Crippen LogP contribution in [0.1, 0.15) is 0 Å². The maximum atomic E-state index is 11.1. The summed E-state index contributed by atoms with van der Waals surface area (Å²) in [5.74, 6) is -7.20. The van der Waals surface area contributed by atoms with E-state index in [1.54, 1.807) is 0 Å². The van der Waals surface area contributed by atoms with Gasteiger partial charge >= 0.3 is 136 Å². The number of aliphatic hydroxyl groups excluding tert-OH is 9. The Labute approximate surface area is 430 Å². The molecule has 18 N–H and O–H groups in total. The summed E-state index contributed by atoms with van der Waals surface area (Å²) >= 11 is 0. The Morgan fingerprint density at radius 2 is 0.515 bits per heavy atom. The van der Waals surface area contributed by atoms with Crippen molar-refractivity contribution in [2.45, 2.75) is 73.2 Å². The molecule has 0 fully saturated rings. The molecule has 0 saturated heterocycles. The Bertz CT molecular complexity index is 1630. The molecule has 39 nitrogen and oxygen atoms in total. The summed E-state index contributed by atoms with van der Waals surface area (Å²) in [5, 5.41) is 114. The Morgan fingerprint density at radius 3 is 0.621 bits per heavy atom. The van der Waals surface area contributed by atoms with Crippen molar-refractivity contribution in [1.82, 2.24) is 0 Å². The van der Waals surface area contributed by atoms with Gasteiger partial charge in [-0.15, -0.1) is 0 Å². The minimum Gasteiger partial charge on any atom is -0.547 e. The summed E-state index contributed by atoms with van der Waals surface area (Å²) in [6.07, 6.45) is -31.6. The number of carbonyl (C=O) groups excluding carboxylic acids is 6. The van der Waals surface area contributed by atoms with Gasteiger partial charge in [-0.25, -0.2) is 27.4 Å². The van der Waals surface area contributed by atoms with Gasteiger partial charge in [0.05, 0.1) is 17.9 Å². The molecule has 0 aromatic carbocycles. The third-order valence-electron chi connectivity index (χ3n) is 5.51. The molecule has 0 aliphatic heterocycles. The molecular formula is C18H33Na3O39P6. The number of rotatable bonds is 27. The van der Waals surface area contributed by atoms with Crippen LogP contribution in [0.25, 0.3) is 0 Å². The van der Waals surface area contributed by atoms with Crippen LogP contribution in [0.5, 0.6) is 0 Å². The molecule has 0 aliphatic carbocycles. The van der Waals surface area contributed by atoms with Gasteiger partial charge in [-0.3, -0.25) is 13.6 Å². The number of aliphatic carboxylic acids is 3. The van der Waals surface area contributed by atoms with Crippen molar-refractivity contribution in [3.05, 3.63) is 0 Å². The fraction of sp³-hybridized carbons (Fsp3) is 0.667. The fourth-order valence-electron chi connectivity index (χ4n) is 3.01. The number of hydrogen-bond acceptors (Lipinski definition) is 30. The molecule has 0 amide bonds. The predicted molar refractivity (Wildman–Crippen MR) is 171 cm³/mol. The number of phosphoric ester groups is 3. The molecule has 0 aromatic heterocycles. The second-order valence-corrected chi connectivity index (χ2v) is 18.8. The number of phosphoric acid groups is 6. The molecule has 0 saturated carbocycles. The molecular weight excluding hydrogens is 1090 g/mol. The molecule has 0 spiro atoms. The maximum Gasteiger partial charge on any atom is 1.00 e. The van der Waals surface area contributed by atoms with Gasteiger partial charge in [0.2, 0.25) is 0 Å². The van der Waals surface area contributed by atoms with Crippen molar-refractivity contribution in [3.8, 4) is 0 Å². The van der Waals surface area contributed by atoms with Gasteiger partial charge < -0.3 is 134 Å². The summed E-state index contributed by atoms with van der Waals surface area (Å²) in [6.45, 7) is 0. The van der Waals surface area contributed by atoms with E-state index in [4.69, 9.17) is 74.7 Å². The van der Waals surface area contributed by atoms with Crippen LogP contribution in [-0.2, 0) is 82.7 Å². The second kappa shape index (κ2) is 33.5. The van der Waals surface area contributed by atoms with Crippen molar-refractivity contribution in [3.63, 3.8) is 0 Å². The van der Waals surface area contributed by atoms with E-state index in [9.17, 15) is 86.8 Å². The summed E-state index contributed by atoms with van der Waals surface area (Å²) in [7, 11) is -33.7. The Hall–Kier alpha value is 0.840. The van der Waals surface area contributed by atoms with Crippen molar-refractivity contribution in [1.29, 1.82) is 0 Å². The molecule has 48 heteroatoms. The summed E-state index contributed by atoms with van der Waals surface area (Å²) in [6, 6.07) is 0. The van der Waals surface area contributed by atoms with Crippen molar-refractivity contribution >= 4 is 83.7 Å². The molecule has 15 atom stereocenters.